The Labute approximate surface area is 233 Å². The van der Waals surface area contributed by atoms with Crippen molar-refractivity contribution in [3.8, 4) is 11.5 Å². The standard InChI is InChI=1S/C28H16Cl5NO2/c1-27(16-10-6-3-7-11-16)18-14-17(29)12-13-19(18)34-26(15-8-4-2-5-9-15)28(27)35-24-22(32)20(30)21(31)23(33)25(24)36-28/h2-14H,1H3. The van der Waals surface area contributed by atoms with Crippen LogP contribution in [0.25, 0.3) is 0 Å². The van der Waals surface area contributed by atoms with E-state index < -0.39 is 11.2 Å². The average Bonchev–Trinajstić information content (AvgIpc) is 3.32. The van der Waals surface area contributed by atoms with Gasteiger partial charge in [0.05, 0.1) is 15.7 Å². The summed E-state index contributed by atoms with van der Waals surface area (Å²) < 4.78 is 13.5. The number of halogens is 5. The zero-order valence-corrected chi connectivity index (χ0v) is 22.4. The largest absolute Gasteiger partial charge is 0.440 e. The second kappa shape index (κ2) is 8.58. The van der Waals surface area contributed by atoms with E-state index in [0.29, 0.717) is 10.7 Å². The summed E-state index contributed by atoms with van der Waals surface area (Å²) in [5.41, 5.74) is 2.85. The van der Waals surface area contributed by atoms with Gasteiger partial charge in [0.1, 0.15) is 21.2 Å². The van der Waals surface area contributed by atoms with Gasteiger partial charge in [-0.2, -0.15) is 0 Å². The van der Waals surface area contributed by atoms with Crippen molar-refractivity contribution in [3.05, 3.63) is 121 Å². The van der Waals surface area contributed by atoms with Crippen LogP contribution >= 0.6 is 58.0 Å². The molecule has 0 bridgehead atoms. The Morgan fingerprint density at radius 1 is 0.667 bits per heavy atom. The molecule has 0 aromatic heterocycles. The van der Waals surface area contributed by atoms with Gasteiger partial charge in [0, 0.05) is 10.6 Å². The van der Waals surface area contributed by atoms with Crippen molar-refractivity contribution < 1.29 is 9.47 Å². The summed E-state index contributed by atoms with van der Waals surface area (Å²) in [4.78, 5) is 5.06. The lowest BCUT2D eigenvalue weighted by molar-refractivity contribution is -0.0627. The first-order chi connectivity index (χ1) is 17.3. The maximum atomic E-state index is 6.76. The lowest BCUT2D eigenvalue weighted by atomic mass is 9.65. The quantitative estimate of drug-likeness (QED) is 0.176. The summed E-state index contributed by atoms with van der Waals surface area (Å²) in [6.45, 7) is 2.03. The number of aliphatic imine (C=N–C) groups is 1. The Morgan fingerprint density at radius 3 is 1.81 bits per heavy atom. The van der Waals surface area contributed by atoms with Crippen LogP contribution in [0.3, 0.4) is 0 Å². The second-order valence-corrected chi connectivity index (χ2v) is 10.7. The van der Waals surface area contributed by atoms with Crippen molar-refractivity contribution >= 4 is 69.4 Å². The molecule has 0 N–H and O–H groups in total. The third-order valence-electron chi connectivity index (χ3n) is 6.77. The van der Waals surface area contributed by atoms with E-state index in [1.807, 2.05) is 85.8 Å². The van der Waals surface area contributed by atoms with Crippen LogP contribution in [0, 0.1) is 0 Å². The molecule has 180 valence electrons. The van der Waals surface area contributed by atoms with E-state index in [-0.39, 0.29) is 31.6 Å². The van der Waals surface area contributed by atoms with Crippen LogP contribution in [0.15, 0.2) is 83.9 Å². The zero-order valence-electron chi connectivity index (χ0n) is 18.7. The van der Waals surface area contributed by atoms with Gasteiger partial charge in [-0.25, -0.2) is 4.99 Å². The molecule has 0 aliphatic carbocycles. The summed E-state index contributed by atoms with van der Waals surface area (Å²) in [5.74, 6) is -1.13. The predicted octanol–water partition coefficient (Wildman–Crippen LogP) is 9.56. The van der Waals surface area contributed by atoms with Gasteiger partial charge in [-0.05, 0) is 36.2 Å². The molecule has 0 fully saturated rings. The third kappa shape index (κ3) is 3.24. The van der Waals surface area contributed by atoms with Gasteiger partial charge < -0.3 is 9.47 Å². The van der Waals surface area contributed by atoms with Crippen LogP contribution in [0.2, 0.25) is 25.1 Å². The van der Waals surface area contributed by atoms with E-state index >= 15 is 0 Å². The minimum atomic E-state index is -1.53. The van der Waals surface area contributed by atoms with Gasteiger partial charge in [-0.15, -0.1) is 0 Å². The molecule has 4 aromatic carbocycles. The highest BCUT2D eigenvalue weighted by Gasteiger charge is 2.65. The number of hydrogen-bond acceptors (Lipinski definition) is 3. The molecule has 0 radical (unpaired) electrons. The van der Waals surface area contributed by atoms with E-state index in [1.54, 1.807) is 0 Å². The number of ether oxygens (including phenoxy) is 2. The van der Waals surface area contributed by atoms with Crippen LogP contribution in [0.1, 0.15) is 23.6 Å². The molecule has 3 nitrogen and oxygen atoms in total. The Balaban J connectivity index is 1.74. The van der Waals surface area contributed by atoms with Crippen molar-refractivity contribution in [2.75, 3.05) is 0 Å². The van der Waals surface area contributed by atoms with E-state index in [4.69, 9.17) is 72.5 Å². The summed E-state index contributed by atoms with van der Waals surface area (Å²) >= 11 is 32.6. The molecule has 0 amide bonds. The van der Waals surface area contributed by atoms with Gasteiger partial charge in [0.25, 0.3) is 0 Å². The lowest BCUT2D eigenvalue weighted by Gasteiger charge is -2.47. The molecule has 1 atom stereocenters. The lowest BCUT2D eigenvalue weighted by Crippen LogP contribution is -2.63. The maximum absolute atomic E-state index is 6.76. The van der Waals surface area contributed by atoms with Gasteiger partial charge in [-0.3, -0.25) is 0 Å². The van der Waals surface area contributed by atoms with Crippen molar-refractivity contribution in [1.82, 2.24) is 0 Å². The van der Waals surface area contributed by atoms with Crippen molar-refractivity contribution in [1.29, 1.82) is 0 Å². The van der Waals surface area contributed by atoms with Crippen molar-refractivity contribution in [2.45, 2.75) is 18.1 Å². The molecule has 36 heavy (non-hydrogen) atoms. The monoisotopic (exact) mass is 573 g/mol. The summed E-state index contributed by atoms with van der Waals surface area (Å²) in [6, 6.07) is 25.2. The Hall–Kier alpha value is -2.40. The van der Waals surface area contributed by atoms with E-state index in [0.717, 1.165) is 22.4 Å². The minimum absolute atomic E-state index is 0.0848. The van der Waals surface area contributed by atoms with Crippen molar-refractivity contribution in [3.63, 3.8) is 0 Å². The van der Waals surface area contributed by atoms with E-state index in [1.165, 1.54) is 0 Å². The first kappa shape index (κ1) is 24.0. The van der Waals surface area contributed by atoms with Crippen LogP contribution in [-0.4, -0.2) is 11.5 Å². The summed E-state index contributed by atoms with van der Waals surface area (Å²) in [6.07, 6.45) is 0. The molecule has 0 saturated heterocycles. The number of fused-ring (bicyclic) bond motifs is 2. The highest BCUT2D eigenvalue weighted by Crippen LogP contribution is 2.62. The van der Waals surface area contributed by atoms with Crippen LogP contribution in [-0.2, 0) is 5.41 Å². The number of rotatable bonds is 2. The number of benzene rings is 4. The predicted molar refractivity (Wildman–Crippen MR) is 147 cm³/mol. The number of nitrogens with zero attached hydrogens (tertiary/aromatic N) is 1. The fourth-order valence-corrected chi connectivity index (χ4v) is 6.03. The van der Waals surface area contributed by atoms with Gasteiger partial charge in [-0.1, -0.05) is 119 Å². The maximum Gasteiger partial charge on any atom is 0.309 e. The van der Waals surface area contributed by atoms with E-state index in [9.17, 15) is 0 Å². The zero-order chi connectivity index (χ0) is 25.2. The first-order valence-corrected chi connectivity index (χ1v) is 12.9. The average molecular weight is 576 g/mol. The molecule has 4 aromatic rings. The highest BCUT2D eigenvalue weighted by atomic mass is 35.5. The highest BCUT2D eigenvalue weighted by molar-refractivity contribution is 6.53. The second-order valence-electron chi connectivity index (χ2n) is 8.71. The Morgan fingerprint density at radius 2 is 1.22 bits per heavy atom. The Bertz CT molecular complexity index is 1520. The van der Waals surface area contributed by atoms with Gasteiger partial charge in [0.15, 0.2) is 11.5 Å². The molecule has 2 heterocycles. The smallest absolute Gasteiger partial charge is 0.309 e. The fourth-order valence-electron chi connectivity index (χ4n) is 4.96. The Kier molecular flexibility index (Phi) is 5.71. The fraction of sp³-hybridized carbons (Fsp3) is 0.107. The molecular formula is C28H16Cl5NO2. The molecule has 2 aliphatic rings. The molecule has 6 rings (SSSR count). The topological polar surface area (TPSA) is 30.8 Å². The van der Waals surface area contributed by atoms with E-state index in [2.05, 4.69) is 0 Å². The molecular weight excluding hydrogens is 560 g/mol. The SMILES string of the molecule is CC1(c2ccccc2)c2cc(Cl)ccc2N=C(c2ccccc2)C12Oc1c(Cl)c(Cl)c(Cl)c(Cl)c1O2. The molecule has 8 heteroatoms. The third-order valence-corrected chi connectivity index (χ3v) is 8.77. The minimum Gasteiger partial charge on any atom is -0.440 e. The van der Waals surface area contributed by atoms with Gasteiger partial charge in [0.2, 0.25) is 0 Å². The van der Waals surface area contributed by atoms with Crippen LogP contribution in [0.4, 0.5) is 5.69 Å². The first-order valence-electron chi connectivity index (χ1n) is 11.0. The molecule has 0 saturated carbocycles. The molecule has 2 aliphatic heterocycles. The van der Waals surface area contributed by atoms with Gasteiger partial charge >= 0.3 is 5.79 Å². The molecule has 1 spiro atoms. The van der Waals surface area contributed by atoms with Crippen molar-refractivity contribution in [2.24, 2.45) is 4.99 Å². The number of hydrogen-bond donors (Lipinski definition) is 0. The molecule has 1 unspecified atom stereocenters. The van der Waals surface area contributed by atoms with Crippen LogP contribution < -0.4 is 9.47 Å². The van der Waals surface area contributed by atoms with Crippen LogP contribution in [0.5, 0.6) is 11.5 Å². The summed E-state index contributed by atoms with van der Waals surface area (Å²) in [5, 5.41) is 0.945. The normalized spacial score (nSPS) is 19.2. The summed E-state index contributed by atoms with van der Waals surface area (Å²) in [7, 11) is 0.